The Morgan fingerprint density at radius 1 is 1.11 bits per heavy atom. The van der Waals surface area contributed by atoms with Crippen molar-refractivity contribution in [3.05, 3.63) is 12.1 Å². The van der Waals surface area contributed by atoms with Crippen molar-refractivity contribution in [1.29, 1.82) is 0 Å². The van der Waals surface area contributed by atoms with Crippen LogP contribution in [-0.2, 0) is 0 Å². The summed E-state index contributed by atoms with van der Waals surface area (Å²) in [4.78, 5) is 0. The van der Waals surface area contributed by atoms with Gasteiger partial charge in [-0.1, -0.05) is 26.2 Å². The van der Waals surface area contributed by atoms with Crippen LogP contribution in [0.25, 0.3) is 0 Å². The summed E-state index contributed by atoms with van der Waals surface area (Å²) in [6, 6.07) is 3.60. The van der Waals surface area contributed by atoms with Gasteiger partial charge in [-0.05, 0) is 6.42 Å². The quantitative estimate of drug-likeness (QED) is 0.623. The molecule has 4 heteroatoms. The molecule has 0 amide bonds. The highest BCUT2D eigenvalue weighted by atomic mass is 16.6. The van der Waals surface area contributed by atoms with E-state index in [9.17, 15) is 0 Å². The van der Waals surface area contributed by atoms with Crippen molar-refractivity contribution < 1.29 is 14.2 Å². The second-order valence-electron chi connectivity index (χ2n) is 4.44. The number of benzene rings is 1. The number of hydrogen-bond acceptors (Lipinski definition) is 4. The summed E-state index contributed by atoms with van der Waals surface area (Å²) in [5, 5.41) is 0. The van der Waals surface area contributed by atoms with Gasteiger partial charge in [-0.3, -0.25) is 0 Å². The fourth-order valence-electron chi connectivity index (χ4n) is 1.92. The highest BCUT2D eigenvalue weighted by Gasteiger charge is 2.15. The molecule has 1 heterocycles. The third kappa shape index (κ3) is 3.22. The Kier molecular flexibility index (Phi) is 4.56. The lowest BCUT2D eigenvalue weighted by Gasteiger charge is -2.20. The van der Waals surface area contributed by atoms with Crippen molar-refractivity contribution in [2.45, 2.75) is 32.6 Å². The zero-order valence-corrected chi connectivity index (χ0v) is 10.9. The minimum Gasteiger partial charge on any atom is -0.491 e. The Morgan fingerprint density at radius 3 is 2.56 bits per heavy atom. The lowest BCUT2D eigenvalue weighted by molar-refractivity contribution is 0.170. The molecule has 0 atom stereocenters. The van der Waals surface area contributed by atoms with E-state index >= 15 is 0 Å². The van der Waals surface area contributed by atoms with E-state index in [0.717, 1.165) is 12.2 Å². The molecule has 2 N–H and O–H groups in total. The zero-order valence-electron chi connectivity index (χ0n) is 10.9. The van der Waals surface area contributed by atoms with E-state index in [1.807, 2.05) is 6.07 Å². The summed E-state index contributed by atoms with van der Waals surface area (Å²) in [6.45, 7) is 4.04. The van der Waals surface area contributed by atoms with Crippen LogP contribution in [0.2, 0.25) is 0 Å². The van der Waals surface area contributed by atoms with Gasteiger partial charge in [0.15, 0.2) is 11.5 Å². The maximum Gasteiger partial charge on any atom is 0.165 e. The Bertz CT molecular complexity index is 393. The van der Waals surface area contributed by atoms with Gasteiger partial charge in [-0.2, -0.15) is 0 Å². The van der Waals surface area contributed by atoms with E-state index in [0.29, 0.717) is 37.0 Å². The van der Waals surface area contributed by atoms with Crippen LogP contribution in [0.1, 0.15) is 32.6 Å². The fraction of sp³-hybridized carbons (Fsp3) is 0.571. The average molecular weight is 251 g/mol. The summed E-state index contributed by atoms with van der Waals surface area (Å²) in [6.07, 6.45) is 4.73. The number of anilines is 1. The van der Waals surface area contributed by atoms with Gasteiger partial charge < -0.3 is 19.9 Å². The predicted molar refractivity (Wildman–Crippen MR) is 71.5 cm³/mol. The molecular weight excluding hydrogens is 230 g/mol. The Balaban J connectivity index is 1.91. The smallest absolute Gasteiger partial charge is 0.165 e. The molecule has 0 aliphatic carbocycles. The molecule has 1 aliphatic rings. The van der Waals surface area contributed by atoms with Gasteiger partial charge in [-0.25, -0.2) is 0 Å². The SMILES string of the molecule is CCCCCCOc1cc2c(cc1N)OCCO2. The van der Waals surface area contributed by atoms with Gasteiger partial charge >= 0.3 is 0 Å². The number of hydrogen-bond donors (Lipinski definition) is 1. The number of ether oxygens (including phenoxy) is 3. The molecule has 0 bridgehead atoms. The van der Waals surface area contributed by atoms with Crippen LogP contribution in [0.3, 0.4) is 0 Å². The molecule has 1 aromatic rings. The number of nitrogens with two attached hydrogens (primary N) is 1. The Labute approximate surface area is 108 Å². The summed E-state index contributed by atoms with van der Waals surface area (Å²) in [5.74, 6) is 2.12. The first kappa shape index (κ1) is 12.9. The zero-order chi connectivity index (χ0) is 12.8. The number of rotatable bonds is 6. The lowest BCUT2D eigenvalue weighted by atomic mass is 10.2. The standard InChI is InChI=1S/C14H21NO3/c1-2-3-4-5-6-16-12-10-14-13(9-11(12)15)17-7-8-18-14/h9-10H,2-8,15H2,1H3. The maximum absolute atomic E-state index is 5.92. The molecule has 4 nitrogen and oxygen atoms in total. The number of fused-ring (bicyclic) bond motifs is 1. The predicted octanol–water partition coefficient (Wildman–Crippen LogP) is 3.00. The summed E-state index contributed by atoms with van der Waals surface area (Å²) in [5.41, 5.74) is 6.53. The molecule has 0 radical (unpaired) electrons. The average Bonchev–Trinajstić information content (AvgIpc) is 2.39. The van der Waals surface area contributed by atoms with E-state index in [-0.39, 0.29) is 0 Å². The minimum absolute atomic E-state index is 0.573. The molecule has 2 rings (SSSR count). The Hall–Kier alpha value is -1.58. The van der Waals surface area contributed by atoms with Crippen molar-refractivity contribution in [2.24, 2.45) is 0 Å². The van der Waals surface area contributed by atoms with Crippen LogP contribution in [0, 0.1) is 0 Å². The molecule has 0 saturated heterocycles. The largest absolute Gasteiger partial charge is 0.491 e. The van der Waals surface area contributed by atoms with Gasteiger partial charge in [0.1, 0.15) is 19.0 Å². The van der Waals surface area contributed by atoms with Crippen LogP contribution in [0.15, 0.2) is 12.1 Å². The molecule has 1 aliphatic heterocycles. The van der Waals surface area contributed by atoms with Gasteiger partial charge in [-0.15, -0.1) is 0 Å². The molecule has 1 aromatic carbocycles. The maximum atomic E-state index is 5.92. The second-order valence-corrected chi connectivity index (χ2v) is 4.44. The summed E-state index contributed by atoms with van der Waals surface area (Å²) < 4.78 is 16.6. The first-order valence-electron chi connectivity index (χ1n) is 6.63. The third-order valence-corrected chi connectivity index (χ3v) is 2.93. The normalized spacial score (nSPS) is 13.4. The van der Waals surface area contributed by atoms with E-state index in [2.05, 4.69) is 6.92 Å². The monoisotopic (exact) mass is 251 g/mol. The minimum atomic E-state index is 0.573. The lowest BCUT2D eigenvalue weighted by Crippen LogP contribution is -2.15. The van der Waals surface area contributed by atoms with Crippen LogP contribution in [-0.4, -0.2) is 19.8 Å². The van der Waals surface area contributed by atoms with Gasteiger partial charge in [0, 0.05) is 12.1 Å². The van der Waals surface area contributed by atoms with Gasteiger partial charge in [0.2, 0.25) is 0 Å². The van der Waals surface area contributed by atoms with E-state index in [1.54, 1.807) is 6.07 Å². The highest BCUT2D eigenvalue weighted by Crippen LogP contribution is 2.38. The van der Waals surface area contributed by atoms with Crippen LogP contribution in [0.5, 0.6) is 17.2 Å². The third-order valence-electron chi connectivity index (χ3n) is 2.93. The topological polar surface area (TPSA) is 53.7 Å². The first-order chi connectivity index (χ1) is 8.81. The summed E-state index contributed by atoms with van der Waals surface area (Å²) >= 11 is 0. The molecular formula is C14H21NO3. The van der Waals surface area contributed by atoms with Crippen LogP contribution >= 0.6 is 0 Å². The highest BCUT2D eigenvalue weighted by molar-refractivity contribution is 5.62. The van der Waals surface area contributed by atoms with Crippen LogP contribution in [0.4, 0.5) is 5.69 Å². The Morgan fingerprint density at radius 2 is 1.83 bits per heavy atom. The fourth-order valence-corrected chi connectivity index (χ4v) is 1.92. The molecule has 0 saturated carbocycles. The number of unbranched alkanes of at least 4 members (excludes halogenated alkanes) is 3. The first-order valence-corrected chi connectivity index (χ1v) is 6.63. The molecule has 18 heavy (non-hydrogen) atoms. The van der Waals surface area contributed by atoms with Crippen molar-refractivity contribution in [3.63, 3.8) is 0 Å². The molecule has 0 fully saturated rings. The van der Waals surface area contributed by atoms with Crippen molar-refractivity contribution in [1.82, 2.24) is 0 Å². The molecule has 0 spiro atoms. The molecule has 100 valence electrons. The van der Waals surface area contributed by atoms with E-state index in [1.165, 1.54) is 19.3 Å². The number of nitrogen functional groups attached to an aromatic ring is 1. The molecule has 0 unspecified atom stereocenters. The molecule has 0 aromatic heterocycles. The van der Waals surface area contributed by atoms with E-state index < -0.39 is 0 Å². The van der Waals surface area contributed by atoms with Crippen molar-refractivity contribution in [3.8, 4) is 17.2 Å². The van der Waals surface area contributed by atoms with Crippen molar-refractivity contribution in [2.75, 3.05) is 25.6 Å². The summed E-state index contributed by atoms with van der Waals surface area (Å²) in [7, 11) is 0. The second kappa shape index (κ2) is 6.38. The van der Waals surface area contributed by atoms with Crippen molar-refractivity contribution >= 4 is 5.69 Å². The van der Waals surface area contributed by atoms with Gasteiger partial charge in [0.25, 0.3) is 0 Å². The van der Waals surface area contributed by atoms with Crippen LogP contribution < -0.4 is 19.9 Å². The van der Waals surface area contributed by atoms with E-state index in [4.69, 9.17) is 19.9 Å². The van der Waals surface area contributed by atoms with Gasteiger partial charge in [0.05, 0.1) is 12.3 Å².